The summed E-state index contributed by atoms with van der Waals surface area (Å²) in [6.45, 7) is 2.95. The van der Waals surface area contributed by atoms with Crippen molar-refractivity contribution in [1.82, 2.24) is 4.90 Å². The summed E-state index contributed by atoms with van der Waals surface area (Å²) < 4.78 is 0. The van der Waals surface area contributed by atoms with E-state index in [-0.39, 0.29) is 11.9 Å². The SMILES string of the molecule is Cc1cccc([C@@H]2CCCN2C(=O)Cc2ccc(Cl)cc2)c1. The molecular formula is C19H20ClNO. The fraction of sp³-hybridized carbons (Fsp3) is 0.316. The molecular weight excluding hydrogens is 294 g/mol. The van der Waals surface area contributed by atoms with Gasteiger partial charge in [0.15, 0.2) is 0 Å². The van der Waals surface area contributed by atoms with E-state index in [4.69, 9.17) is 11.6 Å². The highest BCUT2D eigenvalue weighted by Gasteiger charge is 2.29. The number of carbonyl (C=O) groups excluding carboxylic acids is 1. The molecule has 1 heterocycles. The fourth-order valence-corrected chi connectivity index (χ4v) is 3.29. The third kappa shape index (κ3) is 3.33. The number of carbonyl (C=O) groups is 1. The van der Waals surface area contributed by atoms with Crippen molar-refractivity contribution in [3.8, 4) is 0 Å². The summed E-state index contributed by atoms with van der Waals surface area (Å²) in [5.41, 5.74) is 3.51. The van der Waals surface area contributed by atoms with Gasteiger partial charge in [-0.2, -0.15) is 0 Å². The molecule has 0 spiro atoms. The minimum absolute atomic E-state index is 0.200. The third-order valence-corrected chi connectivity index (χ3v) is 4.52. The number of rotatable bonds is 3. The molecule has 2 aromatic rings. The average molecular weight is 314 g/mol. The standard InChI is InChI=1S/C19H20ClNO/c1-14-4-2-5-16(12-14)18-6-3-11-21(18)19(22)13-15-7-9-17(20)10-8-15/h2,4-5,7-10,12,18H,3,6,11,13H2,1H3/t18-/m0/s1. The van der Waals surface area contributed by atoms with Crippen LogP contribution in [0.2, 0.25) is 5.02 Å². The maximum absolute atomic E-state index is 12.7. The Labute approximate surface area is 136 Å². The van der Waals surface area contributed by atoms with Crippen LogP contribution in [0.25, 0.3) is 0 Å². The Morgan fingerprint density at radius 3 is 2.73 bits per heavy atom. The Morgan fingerprint density at radius 1 is 1.23 bits per heavy atom. The van der Waals surface area contributed by atoms with Gasteiger partial charge in [0.25, 0.3) is 0 Å². The summed E-state index contributed by atoms with van der Waals surface area (Å²) in [7, 11) is 0. The van der Waals surface area contributed by atoms with E-state index in [1.54, 1.807) is 0 Å². The lowest BCUT2D eigenvalue weighted by Gasteiger charge is -2.25. The summed E-state index contributed by atoms with van der Waals surface area (Å²) in [6, 6.07) is 16.3. The van der Waals surface area contributed by atoms with E-state index in [0.717, 1.165) is 24.9 Å². The lowest BCUT2D eigenvalue weighted by Crippen LogP contribution is -2.31. The van der Waals surface area contributed by atoms with Gasteiger partial charge in [-0.05, 0) is 43.0 Å². The van der Waals surface area contributed by atoms with E-state index in [1.165, 1.54) is 11.1 Å². The fourth-order valence-electron chi connectivity index (χ4n) is 3.17. The number of aryl methyl sites for hydroxylation is 1. The van der Waals surface area contributed by atoms with Crippen LogP contribution in [0.15, 0.2) is 48.5 Å². The van der Waals surface area contributed by atoms with E-state index in [1.807, 2.05) is 29.2 Å². The van der Waals surface area contributed by atoms with Crippen molar-refractivity contribution < 1.29 is 4.79 Å². The highest BCUT2D eigenvalue weighted by atomic mass is 35.5. The summed E-state index contributed by atoms with van der Waals surface area (Å²) in [5.74, 6) is 0.200. The number of benzene rings is 2. The molecule has 3 rings (SSSR count). The van der Waals surface area contributed by atoms with E-state index < -0.39 is 0 Å². The minimum Gasteiger partial charge on any atom is -0.335 e. The Balaban J connectivity index is 1.75. The molecule has 2 nitrogen and oxygen atoms in total. The molecule has 0 aromatic heterocycles. The Morgan fingerprint density at radius 2 is 2.00 bits per heavy atom. The number of hydrogen-bond donors (Lipinski definition) is 0. The average Bonchev–Trinajstić information content (AvgIpc) is 2.99. The molecule has 0 radical (unpaired) electrons. The zero-order chi connectivity index (χ0) is 15.5. The van der Waals surface area contributed by atoms with Crippen LogP contribution in [0, 0.1) is 6.92 Å². The lowest BCUT2D eigenvalue weighted by molar-refractivity contribution is -0.131. The maximum Gasteiger partial charge on any atom is 0.227 e. The van der Waals surface area contributed by atoms with Crippen LogP contribution in [0.3, 0.4) is 0 Å². The van der Waals surface area contributed by atoms with Gasteiger partial charge in [-0.25, -0.2) is 0 Å². The highest BCUT2D eigenvalue weighted by molar-refractivity contribution is 6.30. The second-order valence-corrected chi connectivity index (χ2v) is 6.40. The molecule has 0 unspecified atom stereocenters. The molecule has 3 heteroatoms. The van der Waals surface area contributed by atoms with Gasteiger partial charge in [0.1, 0.15) is 0 Å². The molecule has 114 valence electrons. The van der Waals surface area contributed by atoms with Crippen LogP contribution in [-0.4, -0.2) is 17.4 Å². The van der Waals surface area contributed by atoms with Crippen molar-refractivity contribution in [2.75, 3.05) is 6.54 Å². The smallest absolute Gasteiger partial charge is 0.227 e. The molecule has 0 saturated carbocycles. The number of amides is 1. The van der Waals surface area contributed by atoms with Crippen molar-refractivity contribution in [3.63, 3.8) is 0 Å². The van der Waals surface area contributed by atoms with Crippen molar-refractivity contribution in [1.29, 1.82) is 0 Å². The van der Waals surface area contributed by atoms with Gasteiger partial charge in [-0.3, -0.25) is 4.79 Å². The van der Waals surface area contributed by atoms with Crippen LogP contribution in [0.1, 0.15) is 35.6 Å². The Bertz CT molecular complexity index is 665. The first-order valence-electron chi connectivity index (χ1n) is 7.74. The molecule has 1 atom stereocenters. The second kappa shape index (κ2) is 6.53. The molecule has 1 aliphatic rings. The normalized spacial score (nSPS) is 17.7. The van der Waals surface area contributed by atoms with Crippen molar-refractivity contribution >= 4 is 17.5 Å². The summed E-state index contributed by atoms with van der Waals surface area (Å²) in [6.07, 6.45) is 2.57. The van der Waals surface area contributed by atoms with Gasteiger partial charge < -0.3 is 4.90 Å². The molecule has 0 aliphatic carbocycles. The Hall–Kier alpha value is -1.80. The lowest BCUT2D eigenvalue weighted by atomic mass is 10.0. The maximum atomic E-state index is 12.7. The number of nitrogens with zero attached hydrogens (tertiary/aromatic N) is 1. The van der Waals surface area contributed by atoms with Gasteiger partial charge >= 0.3 is 0 Å². The zero-order valence-corrected chi connectivity index (χ0v) is 13.5. The van der Waals surface area contributed by atoms with Crippen molar-refractivity contribution in [2.45, 2.75) is 32.2 Å². The van der Waals surface area contributed by atoms with Gasteiger partial charge in [0, 0.05) is 11.6 Å². The van der Waals surface area contributed by atoms with Crippen LogP contribution in [-0.2, 0) is 11.2 Å². The van der Waals surface area contributed by atoms with Gasteiger partial charge in [0.05, 0.1) is 12.5 Å². The molecule has 22 heavy (non-hydrogen) atoms. The first-order valence-corrected chi connectivity index (χ1v) is 8.12. The van der Waals surface area contributed by atoms with Crippen LogP contribution < -0.4 is 0 Å². The first kappa shape index (κ1) is 15.1. The van der Waals surface area contributed by atoms with Gasteiger partial charge in [-0.1, -0.05) is 53.6 Å². The number of hydrogen-bond acceptors (Lipinski definition) is 1. The predicted octanol–water partition coefficient (Wildman–Crippen LogP) is 4.55. The minimum atomic E-state index is 0.200. The molecule has 2 aromatic carbocycles. The molecule has 1 fully saturated rings. The van der Waals surface area contributed by atoms with Gasteiger partial charge in [-0.15, -0.1) is 0 Å². The van der Waals surface area contributed by atoms with Gasteiger partial charge in [0.2, 0.25) is 5.91 Å². The van der Waals surface area contributed by atoms with Crippen molar-refractivity contribution in [3.05, 3.63) is 70.2 Å². The summed E-state index contributed by atoms with van der Waals surface area (Å²) in [5, 5.41) is 0.704. The first-order chi connectivity index (χ1) is 10.6. The van der Waals surface area contributed by atoms with E-state index >= 15 is 0 Å². The molecule has 1 saturated heterocycles. The monoisotopic (exact) mass is 313 g/mol. The van der Waals surface area contributed by atoms with Crippen LogP contribution in [0.5, 0.6) is 0 Å². The Kier molecular flexibility index (Phi) is 4.49. The van der Waals surface area contributed by atoms with E-state index in [0.29, 0.717) is 11.4 Å². The van der Waals surface area contributed by atoms with Crippen LogP contribution >= 0.6 is 11.6 Å². The number of likely N-dealkylation sites (tertiary alicyclic amines) is 1. The molecule has 0 N–H and O–H groups in total. The van der Waals surface area contributed by atoms with E-state index in [9.17, 15) is 4.79 Å². The molecule has 1 aliphatic heterocycles. The quantitative estimate of drug-likeness (QED) is 0.813. The largest absolute Gasteiger partial charge is 0.335 e. The molecule has 0 bridgehead atoms. The van der Waals surface area contributed by atoms with Crippen molar-refractivity contribution in [2.24, 2.45) is 0 Å². The summed E-state index contributed by atoms with van der Waals surface area (Å²) in [4.78, 5) is 14.7. The predicted molar refractivity (Wildman–Crippen MR) is 90.0 cm³/mol. The summed E-state index contributed by atoms with van der Waals surface area (Å²) >= 11 is 5.90. The van der Waals surface area contributed by atoms with Crippen LogP contribution in [0.4, 0.5) is 0 Å². The second-order valence-electron chi connectivity index (χ2n) is 5.96. The number of halogens is 1. The zero-order valence-electron chi connectivity index (χ0n) is 12.8. The molecule has 1 amide bonds. The topological polar surface area (TPSA) is 20.3 Å². The highest BCUT2D eigenvalue weighted by Crippen LogP contribution is 2.32. The third-order valence-electron chi connectivity index (χ3n) is 4.27. The van der Waals surface area contributed by atoms with E-state index in [2.05, 4.69) is 31.2 Å².